The van der Waals surface area contributed by atoms with Gasteiger partial charge >= 0.3 is 6.36 Å². The van der Waals surface area contributed by atoms with Gasteiger partial charge in [-0.15, -0.1) is 43.8 Å². The molecule has 0 fully saturated rings. The third-order valence-electron chi connectivity index (χ3n) is 15.5. The van der Waals surface area contributed by atoms with Gasteiger partial charge in [0.05, 0.1) is 79.5 Å². The van der Waals surface area contributed by atoms with Crippen LogP contribution in [-0.2, 0) is 77.3 Å². The lowest BCUT2D eigenvalue weighted by Crippen LogP contribution is -2.18. The zero-order chi connectivity index (χ0) is 74.3. The van der Waals surface area contributed by atoms with E-state index in [0.717, 1.165) is 92.6 Å². The Balaban J connectivity index is 0.000000184. The van der Waals surface area contributed by atoms with Crippen molar-refractivity contribution >= 4 is 70.1 Å². The lowest BCUT2D eigenvalue weighted by atomic mass is 9.98. The third-order valence-corrected chi connectivity index (χ3v) is 15.7. The van der Waals surface area contributed by atoms with Crippen LogP contribution in [-0.4, -0.2) is 162 Å². The fourth-order valence-electron chi connectivity index (χ4n) is 10.3. The first-order chi connectivity index (χ1) is 50.8. The van der Waals surface area contributed by atoms with Crippen molar-refractivity contribution in [2.45, 2.75) is 109 Å². The maximum Gasteiger partial charge on any atom is 0.573 e. The lowest BCUT2D eigenvalue weighted by Gasteiger charge is -2.14. The smallest absolute Gasteiger partial charge is 0.406 e. The van der Waals surface area contributed by atoms with Gasteiger partial charge in [0.1, 0.15) is 5.75 Å². The van der Waals surface area contributed by atoms with Crippen LogP contribution in [0.1, 0.15) is 116 Å². The van der Waals surface area contributed by atoms with Gasteiger partial charge in [-0.3, -0.25) is 52.8 Å². The van der Waals surface area contributed by atoms with E-state index in [4.69, 9.17) is 16.3 Å². The second-order valence-corrected chi connectivity index (χ2v) is 23.9. The number of unbranched alkanes of at least 4 members (excludes halogenated alkanes) is 3. The molecule has 105 heavy (non-hydrogen) atoms. The molecule has 8 aromatic heterocycles. The van der Waals surface area contributed by atoms with Gasteiger partial charge in [-0.2, -0.15) is 15.3 Å². The molecule has 35 heteroatoms. The summed E-state index contributed by atoms with van der Waals surface area (Å²) < 4.78 is 51.9. The number of amides is 6. The van der Waals surface area contributed by atoms with Crippen molar-refractivity contribution < 1.29 is 51.4 Å². The first kappa shape index (κ1) is 77.0. The second kappa shape index (κ2) is 39.3. The largest absolute Gasteiger partial charge is 0.573 e. The SMILES string of the molecule is CNC(=O)c1cn(CCCCc2ccc(NC(=O)Cc3cc(-c4cccc(OC(F)(F)F)c4)ccn3)nn2)nn1.CNC(=O)c1cn(CCCCc2ccc(NC(=O)Cc3cc(Cl)ccn3)nn2)nn1.CNC(=O)c1cn(CCCCc2ccc(NC(=O)Cc3cccc(C4=CCOCC4)c3)nn2)nn1. The molecule has 0 atom stereocenters. The summed E-state index contributed by atoms with van der Waals surface area (Å²) in [4.78, 5) is 79.9. The molecule has 6 N–H and O–H groups in total. The molecule has 546 valence electrons. The normalized spacial score (nSPS) is 11.7. The van der Waals surface area contributed by atoms with Crippen LogP contribution < -0.4 is 36.6 Å². The highest BCUT2D eigenvalue weighted by molar-refractivity contribution is 6.30. The highest BCUT2D eigenvalue weighted by atomic mass is 35.5. The number of carbonyl (C=O) groups excluding carboxylic acids is 6. The van der Waals surface area contributed by atoms with Gasteiger partial charge < -0.3 is 41.4 Å². The number of nitrogens with zero attached hydrogens (tertiary/aromatic N) is 17. The summed E-state index contributed by atoms with van der Waals surface area (Å²) in [5.74, 6) is -0.771. The molecule has 31 nitrogen and oxygen atoms in total. The van der Waals surface area contributed by atoms with Crippen molar-refractivity contribution in [2.24, 2.45) is 0 Å². The van der Waals surface area contributed by atoms with Gasteiger partial charge in [-0.25, -0.2) is 0 Å². The Morgan fingerprint density at radius 2 is 0.933 bits per heavy atom. The van der Waals surface area contributed by atoms with E-state index in [1.807, 2.05) is 24.3 Å². The van der Waals surface area contributed by atoms with E-state index in [1.54, 1.807) is 108 Å². The molecule has 0 aliphatic carbocycles. The molecule has 0 radical (unpaired) electrons. The van der Waals surface area contributed by atoms with Crippen molar-refractivity contribution in [3.05, 3.63) is 208 Å². The van der Waals surface area contributed by atoms with Crippen molar-refractivity contribution in [3.63, 3.8) is 0 Å². The van der Waals surface area contributed by atoms with Gasteiger partial charge in [-0.1, -0.05) is 69.7 Å². The number of pyridine rings is 2. The van der Waals surface area contributed by atoms with Crippen LogP contribution in [0.15, 0.2) is 146 Å². The topological polar surface area (TPSA) is 388 Å². The maximum atomic E-state index is 12.5. The van der Waals surface area contributed by atoms with Gasteiger partial charge in [0.15, 0.2) is 34.5 Å². The molecule has 0 saturated carbocycles. The van der Waals surface area contributed by atoms with Crippen LogP contribution in [0.25, 0.3) is 16.7 Å². The Labute approximate surface area is 605 Å². The molecule has 2 aromatic carbocycles. The molecular weight excluding hydrogens is 1380 g/mol. The Hall–Kier alpha value is -12.2. The first-order valence-corrected chi connectivity index (χ1v) is 33.7. The average Bonchev–Trinajstić information content (AvgIpc) is 1.85. The molecule has 0 unspecified atom stereocenters. The van der Waals surface area contributed by atoms with Crippen LogP contribution >= 0.6 is 11.6 Å². The summed E-state index contributed by atoms with van der Waals surface area (Å²) in [7, 11) is 4.64. The minimum atomic E-state index is -4.79. The first-order valence-electron chi connectivity index (χ1n) is 33.3. The number of carbonyl (C=O) groups is 6. The second-order valence-electron chi connectivity index (χ2n) is 23.4. The number of hydrogen-bond donors (Lipinski definition) is 6. The van der Waals surface area contributed by atoms with E-state index in [1.165, 1.54) is 37.0 Å². The van der Waals surface area contributed by atoms with Crippen LogP contribution in [0.2, 0.25) is 5.02 Å². The van der Waals surface area contributed by atoms with Crippen molar-refractivity contribution in [3.8, 4) is 16.9 Å². The molecule has 11 rings (SSSR count). The predicted molar refractivity (Wildman–Crippen MR) is 378 cm³/mol. The quantitative estimate of drug-likeness (QED) is 0.0235. The van der Waals surface area contributed by atoms with Crippen molar-refractivity contribution in [1.29, 1.82) is 0 Å². The van der Waals surface area contributed by atoms with Crippen LogP contribution in [0, 0.1) is 0 Å². The van der Waals surface area contributed by atoms with E-state index in [-0.39, 0.29) is 72.0 Å². The van der Waals surface area contributed by atoms with E-state index in [0.29, 0.717) is 83.2 Å². The molecule has 0 spiro atoms. The van der Waals surface area contributed by atoms with Crippen molar-refractivity contribution in [2.75, 3.05) is 50.3 Å². The molecule has 10 aromatic rings. The van der Waals surface area contributed by atoms with E-state index in [9.17, 15) is 41.9 Å². The highest BCUT2D eigenvalue weighted by Crippen LogP contribution is 2.29. The number of halogens is 4. The number of rotatable bonds is 30. The number of ether oxygens (including phenoxy) is 2. The third kappa shape index (κ3) is 26.0. The number of anilines is 3. The summed E-state index contributed by atoms with van der Waals surface area (Å²) in [6, 6.07) is 30.8. The van der Waals surface area contributed by atoms with E-state index >= 15 is 0 Å². The van der Waals surface area contributed by atoms with E-state index < -0.39 is 6.36 Å². The van der Waals surface area contributed by atoms with Gasteiger partial charge in [0.25, 0.3) is 17.7 Å². The maximum absolute atomic E-state index is 12.5. The monoisotopic (exact) mass is 1460 g/mol. The van der Waals surface area contributed by atoms with Gasteiger partial charge in [-0.05, 0) is 165 Å². The number of nitrogens with one attached hydrogen (secondary N) is 6. The predicted octanol–water partition coefficient (Wildman–Crippen LogP) is 7.71. The molecule has 0 saturated heterocycles. The number of benzene rings is 2. The van der Waals surface area contributed by atoms with Crippen molar-refractivity contribution in [1.82, 2.24) is 101 Å². The van der Waals surface area contributed by atoms with Crippen LogP contribution in [0.5, 0.6) is 5.75 Å². The molecular formula is C70H75ClF3N23O8. The zero-order valence-corrected chi connectivity index (χ0v) is 58.2. The standard InChI is InChI=1S/C26H25F3N8O3.C25H29N7O3.C19H21ClN8O2/c1-30-25(39)22-16-37(36-34-22)12-3-2-6-19-8-9-23(35-33-19)32-24(38)15-20-13-18(10-11-31-20)17-5-4-7-21(14-17)40-26(27,28)29;1-26-25(34)22-17-32(31-29-22)12-3-2-7-21-8-9-23(30-28-21)27-24(33)16-18-5-4-6-20(15-18)19-10-13-35-14-11-19;1-21-19(30)16-12-28(27-25-16)9-3-2-4-14-5-6-17(26-24-14)23-18(29)11-15-10-13(20)7-8-22-15/h4-5,7-11,13-14,16H,2-3,6,12,15H2,1H3,(H,30,39)(H,32,35,38);4-6,8-10,15,17H,2-3,7,11-14,16H2,1H3,(H,26,34)(H,27,30,33);5-8,10,12H,2-4,9,11H2,1H3,(H,21,30)(H,23,26,29). The molecule has 0 bridgehead atoms. The fourth-order valence-corrected chi connectivity index (χ4v) is 10.4. The summed E-state index contributed by atoms with van der Waals surface area (Å²) >= 11 is 5.89. The minimum Gasteiger partial charge on any atom is -0.406 e. The number of hydrogen-bond acceptors (Lipinski definition) is 22. The summed E-state index contributed by atoms with van der Waals surface area (Å²) in [5, 5.41) is 64.3. The molecule has 6 amide bonds. The number of aromatic nitrogens is 17. The number of aryl methyl sites for hydroxylation is 6. The molecule has 9 heterocycles. The Bertz CT molecular complexity index is 4560. The zero-order valence-electron chi connectivity index (χ0n) is 57.5. The average molecular weight is 1460 g/mol. The van der Waals surface area contributed by atoms with E-state index in [2.05, 4.69) is 126 Å². The van der Waals surface area contributed by atoms with Crippen LogP contribution in [0.4, 0.5) is 30.6 Å². The highest BCUT2D eigenvalue weighted by Gasteiger charge is 2.31. The van der Waals surface area contributed by atoms with Gasteiger partial charge in [0, 0.05) is 58.2 Å². The number of alkyl halides is 3. The Kier molecular flexibility index (Phi) is 28.8. The van der Waals surface area contributed by atoms with Gasteiger partial charge in [0.2, 0.25) is 17.7 Å². The Morgan fingerprint density at radius 3 is 1.37 bits per heavy atom. The molecule has 1 aliphatic rings. The van der Waals surface area contributed by atoms with Crippen LogP contribution in [0.3, 0.4) is 0 Å². The Morgan fingerprint density at radius 1 is 0.486 bits per heavy atom. The molecule has 1 aliphatic heterocycles. The summed E-state index contributed by atoms with van der Waals surface area (Å²) in [6.45, 7) is 3.29. The lowest BCUT2D eigenvalue weighted by molar-refractivity contribution is -0.274. The minimum absolute atomic E-state index is 0.0695. The summed E-state index contributed by atoms with van der Waals surface area (Å²) in [5.41, 5.74) is 8.74. The fraction of sp³-hybridized carbons (Fsp3) is 0.314. The summed E-state index contributed by atoms with van der Waals surface area (Å²) in [6.07, 6.45) is 13.6.